The van der Waals surface area contributed by atoms with E-state index in [4.69, 9.17) is 9.47 Å². The normalized spacial score (nSPS) is 19.2. The van der Waals surface area contributed by atoms with E-state index >= 15 is 0 Å². The van der Waals surface area contributed by atoms with Crippen molar-refractivity contribution >= 4 is 17.6 Å². The second-order valence-electron chi connectivity index (χ2n) is 7.02. The number of dihydropyridines is 1. The monoisotopic (exact) mass is 386 g/mol. The standard InChI is InChI=1S/C20H22N2O6/c1-11-16(19(23)27-3)18(14-5-4-6-15(9-14)22(25)26)17(12(2)21-11)20(24)28-10-13-7-8-13/h4-6,9,13,18,21H,7-8,10H2,1-3H3. The summed E-state index contributed by atoms with van der Waals surface area (Å²) >= 11 is 0. The molecule has 1 saturated carbocycles. The van der Waals surface area contributed by atoms with E-state index < -0.39 is 22.8 Å². The van der Waals surface area contributed by atoms with Crippen molar-refractivity contribution in [2.75, 3.05) is 13.7 Å². The molecule has 1 unspecified atom stereocenters. The number of ether oxygens (including phenoxy) is 2. The molecule has 1 atom stereocenters. The fraction of sp³-hybridized carbons (Fsp3) is 0.400. The highest BCUT2D eigenvalue weighted by Crippen LogP contribution is 2.40. The lowest BCUT2D eigenvalue weighted by Crippen LogP contribution is -2.32. The highest BCUT2D eigenvalue weighted by atomic mass is 16.6. The summed E-state index contributed by atoms with van der Waals surface area (Å²) in [5.41, 5.74) is 1.88. The van der Waals surface area contributed by atoms with Crippen molar-refractivity contribution in [2.24, 2.45) is 5.92 Å². The molecule has 1 aromatic carbocycles. The zero-order valence-corrected chi connectivity index (χ0v) is 16.0. The first-order chi connectivity index (χ1) is 13.3. The number of hydrogen-bond acceptors (Lipinski definition) is 7. The molecule has 0 bridgehead atoms. The third-order valence-electron chi connectivity index (χ3n) is 4.95. The Morgan fingerprint density at radius 3 is 2.39 bits per heavy atom. The molecule has 1 aliphatic heterocycles. The first-order valence-corrected chi connectivity index (χ1v) is 9.01. The predicted octanol–water partition coefficient (Wildman–Crippen LogP) is 2.96. The van der Waals surface area contributed by atoms with Crippen LogP contribution in [0.3, 0.4) is 0 Å². The Bertz CT molecular complexity index is 898. The number of nitro groups is 1. The molecule has 0 radical (unpaired) electrons. The number of carbonyl (C=O) groups is 2. The van der Waals surface area contributed by atoms with Gasteiger partial charge in [0.05, 0.1) is 35.7 Å². The lowest BCUT2D eigenvalue weighted by molar-refractivity contribution is -0.384. The van der Waals surface area contributed by atoms with Crippen molar-refractivity contribution < 1.29 is 24.0 Å². The van der Waals surface area contributed by atoms with E-state index in [1.807, 2.05) is 0 Å². The van der Waals surface area contributed by atoms with Crippen LogP contribution in [0.25, 0.3) is 0 Å². The Morgan fingerprint density at radius 1 is 1.18 bits per heavy atom. The zero-order chi connectivity index (χ0) is 20.4. The number of non-ortho nitro benzene ring substituents is 1. The molecule has 1 aliphatic carbocycles. The second-order valence-corrected chi connectivity index (χ2v) is 7.02. The predicted molar refractivity (Wildman–Crippen MR) is 100 cm³/mol. The minimum atomic E-state index is -0.819. The fourth-order valence-corrected chi connectivity index (χ4v) is 3.35. The number of methoxy groups -OCH3 is 1. The highest BCUT2D eigenvalue weighted by Gasteiger charge is 2.38. The Morgan fingerprint density at radius 2 is 1.82 bits per heavy atom. The molecule has 2 aliphatic rings. The largest absolute Gasteiger partial charge is 0.466 e. The molecule has 0 amide bonds. The molecule has 148 valence electrons. The third-order valence-corrected chi connectivity index (χ3v) is 4.95. The van der Waals surface area contributed by atoms with Crippen molar-refractivity contribution in [2.45, 2.75) is 32.6 Å². The number of nitro benzene ring substituents is 1. The van der Waals surface area contributed by atoms with Crippen LogP contribution in [0.2, 0.25) is 0 Å². The summed E-state index contributed by atoms with van der Waals surface area (Å²) in [5, 5.41) is 14.3. The second kappa shape index (κ2) is 7.84. The van der Waals surface area contributed by atoms with Gasteiger partial charge in [0.15, 0.2) is 0 Å². The fourth-order valence-electron chi connectivity index (χ4n) is 3.35. The van der Waals surface area contributed by atoms with Gasteiger partial charge in [-0.1, -0.05) is 12.1 Å². The zero-order valence-electron chi connectivity index (χ0n) is 16.0. The Labute approximate surface area is 162 Å². The van der Waals surface area contributed by atoms with E-state index in [-0.39, 0.29) is 16.8 Å². The van der Waals surface area contributed by atoms with Gasteiger partial charge in [0.1, 0.15) is 0 Å². The van der Waals surface area contributed by atoms with E-state index in [1.165, 1.54) is 25.3 Å². The van der Waals surface area contributed by atoms with Crippen LogP contribution in [0.4, 0.5) is 5.69 Å². The van der Waals surface area contributed by atoms with Gasteiger partial charge in [-0.25, -0.2) is 9.59 Å². The molecule has 1 aromatic rings. The summed E-state index contributed by atoms with van der Waals surface area (Å²) in [5.74, 6) is -1.58. The number of allylic oxidation sites excluding steroid dienone is 2. The van der Waals surface area contributed by atoms with Gasteiger partial charge in [0.25, 0.3) is 5.69 Å². The lowest BCUT2D eigenvalue weighted by atomic mass is 9.80. The van der Waals surface area contributed by atoms with Gasteiger partial charge in [-0.3, -0.25) is 10.1 Å². The van der Waals surface area contributed by atoms with Crippen molar-refractivity contribution in [1.82, 2.24) is 5.32 Å². The lowest BCUT2D eigenvalue weighted by Gasteiger charge is -2.30. The number of rotatable bonds is 6. The number of hydrogen-bond donors (Lipinski definition) is 1. The summed E-state index contributed by atoms with van der Waals surface area (Å²) in [6.45, 7) is 3.75. The molecule has 0 saturated heterocycles. The first kappa shape index (κ1) is 19.6. The molecule has 1 heterocycles. The molecule has 0 spiro atoms. The maximum Gasteiger partial charge on any atom is 0.336 e. The summed E-state index contributed by atoms with van der Waals surface area (Å²) in [6, 6.07) is 5.91. The van der Waals surface area contributed by atoms with Gasteiger partial charge < -0.3 is 14.8 Å². The minimum Gasteiger partial charge on any atom is -0.466 e. The summed E-state index contributed by atoms with van der Waals surface area (Å²) in [6.07, 6.45) is 2.06. The van der Waals surface area contributed by atoms with E-state index in [0.717, 1.165) is 12.8 Å². The topological polar surface area (TPSA) is 108 Å². The summed E-state index contributed by atoms with van der Waals surface area (Å²) in [4.78, 5) is 36.1. The average Bonchev–Trinajstić information content (AvgIpc) is 3.49. The highest BCUT2D eigenvalue weighted by molar-refractivity contribution is 5.99. The van der Waals surface area contributed by atoms with Crippen LogP contribution in [0.15, 0.2) is 46.8 Å². The van der Waals surface area contributed by atoms with Crippen molar-refractivity contribution in [3.8, 4) is 0 Å². The van der Waals surface area contributed by atoms with Gasteiger partial charge >= 0.3 is 11.9 Å². The number of nitrogens with one attached hydrogen (secondary N) is 1. The SMILES string of the molecule is COC(=O)C1=C(C)NC(C)=C(C(=O)OCC2CC2)C1c1cccc([N+](=O)[O-])c1. The molecule has 8 nitrogen and oxygen atoms in total. The van der Waals surface area contributed by atoms with Crippen LogP contribution in [0, 0.1) is 16.0 Å². The van der Waals surface area contributed by atoms with Gasteiger partial charge in [0.2, 0.25) is 0 Å². The van der Waals surface area contributed by atoms with E-state index in [0.29, 0.717) is 29.5 Å². The van der Waals surface area contributed by atoms with Crippen LogP contribution in [-0.2, 0) is 19.1 Å². The first-order valence-electron chi connectivity index (χ1n) is 9.01. The smallest absolute Gasteiger partial charge is 0.336 e. The van der Waals surface area contributed by atoms with Gasteiger partial charge in [0, 0.05) is 23.5 Å². The molecule has 8 heteroatoms. The van der Waals surface area contributed by atoms with Crippen LogP contribution in [0.5, 0.6) is 0 Å². The molecule has 3 rings (SSSR count). The number of benzene rings is 1. The van der Waals surface area contributed by atoms with Gasteiger partial charge in [-0.05, 0) is 38.2 Å². The summed E-state index contributed by atoms with van der Waals surface area (Å²) in [7, 11) is 1.25. The Hall–Kier alpha value is -3.16. The van der Waals surface area contributed by atoms with Crippen molar-refractivity contribution in [3.63, 3.8) is 0 Å². The molecule has 0 aromatic heterocycles. The number of esters is 2. The van der Waals surface area contributed by atoms with Crippen LogP contribution < -0.4 is 5.32 Å². The maximum atomic E-state index is 12.9. The Balaban J connectivity index is 2.08. The maximum absolute atomic E-state index is 12.9. The van der Waals surface area contributed by atoms with E-state index in [9.17, 15) is 19.7 Å². The van der Waals surface area contributed by atoms with Crippen LogP contribution >= 0.6 is 0 Å². The minimum absolute atomic E-state index is 0.124. The molecular weight excluding hydrogens is 364 g/mol. The van der Waals surface area contributed by atoms with Crippen LogP contribution in [0.1, 0.15) is 38.2 Å². The molecule has 1 N–H and O–H groups in total. The van der Waals surface area contributed by atoms with Gasteiger partial charge in [-0.15, -0.1) is 0 Å². The molecular formula is C20H22N2O6. The quantitative estimate of drug-likeness (QED) is 0.455. The van der Waals surface area contributed by atoms with E-state index in [1.54, 1.807) is 19.9 Å². The molecule has 28 heavy (non-hydrogen) atoms. The van der Waals surface area contributed by atoms with Crippen LogP contribution in [-0.4, -0.2) is 30.6 Å². The number of nitrogens with zero attached hydrogens (tertiary/aromatic N) is 1. The number of carbonyl (C=O) groups excluding carboxylic acids is 2. The Kier molecular flexibility index (Phi) is 5.48. The average molecular weight is 386 g/mol. The third kappa shape index (κ3) is 3.90. The molecule has 1 fully saturated rings. The van der Waals surface area contributed by atoms with Gasteiger partial charge in [-0.2, -0.15) is 0 Å². The van der Waals surface area contributed by atoms with Crippen molar-refractivity contribution in [1.29, 1.82) is 0 Å². The van der Waals surface area contributed by atoms with Crippen molar-refractivity contribution in [3.05, 3.63) is 62.5 Å². The van der Waals surface area contributed by atoms with E-state index in [2.05, 4.69) is 5.32 Å². The summed E-state index contributed by atoms with van der Waals surface area (Å²) < 4.78 is 10.4.